The average molecular weight is 353 g/mol. The van der Waals surface area contributed by atoms with Crippen LogP contribution < -0.4 is 5.32 Å². The zero-order valence-corrected chi connectivity index (χ0v) is 15.9. The van der Waals surface area contributed by atoms with E-state index in [-0.39, 0.29) is 6.09 Å². The first kappa shape index (κ1) is 19.1. The van der Waals surface area contributed by atoms with Crippen LogP contribution in [0.1, 0.15) is 52.0 Å². The van der Waals surface area contributed by atoms with Crippen LogP contribution in [0, 0.1) is 0 Å². The second-order valence-corrected chi connectivity index (χ2v) is 7.81. The Morgan fingerprint density at radius 3 is 2.58 bits per heavy atom. The van der Waals surface area contributed by atoms with Crippen LogP contribution in [0.5, 0.6) is 0 Å². The maximum atomic E-state index is 12.1. The molecule has 0 aliphatic heterocycles. The minimum atomic E-state index is -0.450. The molecule has 0 heterocycles. The topological polar surface area (TPSA) is 41.6 Å². The van der Waals surface area contributed by atoms with Crippen molar-refractivity contribution in [3.8, 4) is 0 Å². The molecule has 1 saturated carbocycles. The number of benzene rings is 1. The first-order valence-corrected chi connectivity index (χ1v) is 9.13. The molecule has 1 N–H and O–H groups in total. The van der Waals surface area contributed by atoms with Gasteiger partial charge in [0.1, 0.15) is 5.60 Å². The maximum Gasteiger partial charge on any atom is 0.410 e. The van der Waals surface area contributed by atoms with Crippen LogP contribution in [0.15, 0.2) is 24.3 Å². The quantitative estimate of drug-likeness (QED) is 0.823. The Bertz CT molecular complexity index is 551. The molecular weight excluding hydrogens is 324 g/mol. The molecule has 1 amide bonds. The van der Waals surface area contributed by atoms with Crippen molar-refractivity contribution in [3.05, 3.63) is 34.9 Å². The Kier molecular flexibility index (Phi) is 6.53. The summed E-state index contributed by atoms with van der Waals surface area (Å²) in [6.45, 7) is 9.75. The molecule has 1 fully saturated rings. The molecule has 0 atom stereocenters. The van der Waals surface area contributed by atoms with E-state index in [0.29, 0.717) is 25.0 Å². The van der Waals surface area contributed by atoms with Gasteiger partial charge in [-0.15, -0.1) is 0 Å². The highest BCUT2D eigenvalue weighted by molar-refractivity contribution is 6.31. The molecule has 0 aromatic heterocycles. The average Bonchev–Trinajstić information content (AvgIpc) is 2.44. The summed E-state index contributed by atoms with van der Waals surface area (Å²) in [5.74, 6) is 0.546. The Morgan fingerprint density at radius 2 is 2.00 bits per heavy atom. The summed E-state index contributed by atoms with van der Waals surface area (Å²) in [5, 5.41) is 4.39. The molecule has 24 heavy (non-hydrogen) atoms. The number of nitrogens with one attached hydrogen (secondary N) is 1. The van der Waals surface area contributed by atoms with Crippen LogP contribution in [-0.2, 0) is 4.74 Å². The molecule has 0 spiro atoms. The van der Waals surface area contributed by atoms with E-state index in [9.17, 15) is 4.79 Å². The zero-order valence-electron chi connectivity index (χ0n) is 15.1. The van der Waals surface area contributed by atoms with Crippen LogP contribution in [0.25, 0.3) is 0 Å². The second-order valence-electron chi connectivity index (χ2n) is 7.40. The fourth-order valence-electron chi connectivity index (χ4n) is 2.95. The third-order valence-electron chi connectivity index (χ3n) is 4.33. The summed E-state index contributed by atoms with van der Waals surface area (Å²) in [4.78, 5) is 13.8. The van der Waals surface area contributed by atoms with E-state index in [2.05, 4.69) is 11.4 Å². The van der Waals surface area contributed by atoms with Gasteiger partial charge in [-0.1, -0.05) is 29.8 Å². The number of nitrogens with zero attached hydrogens (tertiary/aromatic N) is 1. The van der Waals surface area contributed by atoms with Crippen LogP contribution >= 0.6 is 11.6 Å². The number of carbonyl (C=O) groups is 1. The third-order valence-corrected chi connectivity index (χ3v) is 4.68. The van der Waals surface area contributed by atoms with E-state index in [0.717, 1.165) is 24.4 Å². The lowest BCUT2D eigenvalue weighted by Crippen LogP contribution is -2.45. The molecule has 134 valence electrons. The van der Waals surface area contributed by atoms with E-state index < -0.39 is 5.60 Å². The number of rotatable bonds is 6. The van der Waals surface area contributed by atoms with Crippen LogP contribution in [0.3, 0.4) is 0 Å². The molecule has 0 saturated heterocycles. The first-order valence-electron chi connectivity index (χ1n) is 8.76. The number of ether oxygens (including phenoxy) is 1. The van der Waals surface area contributed by atoms with Gasteiger partial charge in [0.05, 0.1) is 0 Å². The molecule has 1 aromatic carbocycles. The largest absolute Gasteiger partial charge is 0.444 e. The van der Waals surface area contributed by atoms with E-state index in [1.165, 1.54) is 5.56 Å². The van der Waals surface area contributed by atoms with Gasteiger partial charge < -0.3 is 15.0 Å². The van der Waals surface area contributed by atoms with Gasteiger partial charge in [-0.25, -0.2) is 4.79 Å². The summed E-state index contributed by atoms with van der Waals surface area (Å²) in [5.41, 5.74) is 0.801. The Balaban J connectivity index is 1.70. The highest BCUT2D eigenvalue weighted by Gasteiger charge is 2.31. The first-order chi connectivity index (χ1) is 11.3. The molecule has 4 nitrogen and oxygen atoms in total. The summed E-state index contributed by atoms with van der Waals surface area (Å²) in [6, 6.07) is 8.59. The Hall–Kier alpha value is -1.26. The predicted molar refractivity (Wildman–Crippen MR) is 98.7 cm³/mol. The van der Waals surface area contributed by atoms with Crippen molar-refractivity contribution >= 4 is 17.7 Å². The van der Waals surface area contributed by atoms with Gasteiger partial charge in [0.2, 0.25) is 0 Å². The Labute approximate surface area is 150 Å². The van der Waals surface area contributed by atoms with Crippen molar-refractivity contribution in [2.45, 2.75) is 58.1 Å². The number of likely N-dealkylation sites (N-methyl/N-ethyl adjacent to an activating group) is 1. The standard InChI is InChI=1S/C19H29ClN2O2/c1-5-22(18(23)24-19(2,3)4)11-10-21-15-12-14(13-15)16-8-6-7-9-17(16)20/h6-9,14-15,21H,5,10-13H2,1-4H3. The minimum absolute atomic E-state index is 0.241. The smallest absolute Gasteiger partial charge is 0.410 e. The summed E-state index contributed by atoms with van der Waals surface area (Å²) in [7, 11) is 0. The predicted octanol–water partition coefficient (Wildman–Crippen LogP) is 4.43. The second kappa shape index (κ2) is 8.21. The maximum absolute atomic E-state index is 12.1. The number of hydrogen-bond acceptors (Lipinski definition) is 3. The van der Waals surface area contributed by atoms with Crippen molar-refractivity contribution < 1.29 is 9.53 Å². The summed E-state index contributed by atoms with van der Waals surface area (Å²) >= 11 is 6.25. The lowest BCUT2D eigenvalue weighted by Gasteiger charge is -2.37. The lowest BCUT2D eigenvalue weighted by molar-refractivity contribution is 0.0259. The van der Waals surface area contributed by atoms with Gasteiger partial charge in [-0.05, 0) is 58.1 Å². The van der Waals surface area contributed by atoms with Crippen molar-refractivity contribution in [3.63, 3.8) is 0 Å². The van der Waals surface area contributed by atoms with E-state index in [1.807, 2.05) is 45.9 Å². The summed E-state index contributed by atoms with van der Waals surface area (Å²) < 4.78 is 5.42. The van der Waals surface area contributed by atoms with Crippen molar-refractivity contribution in [1.29, 1.82) is 0 Å². The molecule has 1 aliphatic carbocycles. The lowest BCUT2D eigenvalue weighted by atomic mass is 9.76. The fourth-order valence-corrected chi connectivity index (χ4v) is 3.24. The van der Waals surface area contributed by atoms with Crippen molar-refractivity contribution in [1.82, 2.24) is 10.2 Å². The van der Waals surface area contributed by atoms with Crippen molar-refractivity contribution in [2.24, 2.45) is 0 Å². The zero-order chi connectivity index (χ0) is 17.7. The third kappa shape index (κ3) is 5.38. The highest BCUT2D eigenvalue weighted by atomic mass is 35.5. The molecular formula is C19H29ClN2O2. The number of hydrogen-bond donors (Lipinski definition) is 1. The van der Waals surface area contributed by atoms with Crippen LogP contribution in [0.4, 0.5) is 4.79 Å². The van der Waals surface area contributed by atoms with Gasteiger partial charge in [0.25, 0.3) is 0 Å². The van der Waals surface area contributed by atoms with Crippen LogP contribution in [0.2, 0.25) is 5.02 Å². The van der Waals surface area contributed by atoms with Gasteiger partial charge in [-0.3, -0.25) is 0 Å². The molecule has 0 unspecified atom stereocenters. The SMILES string of the molecule is CCN(CCNC1CC(c2ccccc2Cl)C1)C(=O)OC(C)(C)C. The molecule has 2 rings (SSSR count). The van der Waals surface area contributed by atoms with Gasteiger partial charge >= 0.3 is 6.09 Å². The van der Waals surface area contributed by atoms with E-state index in [1.54, 1.807) is 4.90 Å². The van der Waals surface area contributed by atoms with E-state index in [4.69, 9.17) is 16.3 Å². The molecule has 5 heteroatoms. The minimum Gasteiger partial charge on any atom is -0.444 e. The van der Waals surface area contributed by atoms with E-state index >= 15 is 0 Å². The molecule has 1 aliphatic rings. The van der Waals surface area contributed by atoms with Crippen molar-refractivity contribution in [2.75, 3.05) is 19.6 Å². The fraction of sp³-hybridized carbons (Fsp3) is 0.632. The van der Waals surface area contributed by atoms with Gasteiger partial charge in [0.15, 0.2) is 0 Å². The number of amides is 1. The monoisotopic (exact) mass is 352 g/mol. The summed E-state index contributed by atoms with van der Waals surface area (Å²) in [6.07, 6.45) is 1.96. The number of halogens is 1. The molecule has 1 aromatic rings. The van der Waals surface area contributed by atoms with Gasteiger partial charge in [0, 0.05) is 30.7 Å². The highest BCUT2D eigenvalue weighted by Crippen LogP contribution is 2.39. The molecule has 0 bridgehead atoms. The number of carbonyl (C=O) groups excluding carboxylic acids is 1. The Morgan fingerprint density at radius 1 is 1.33 bits per heavy atom. The van der Waals surface area contributed by atoms with Crippen LogP contribution in [-0.4, -0.2) is 42.3 Å². The molecule has 0 radical (unpaired) electrons. The normalized spacial score (nSPS) is 20.4. The van der Waals surface area contributed by atoms with Gasteiger partial charge in [-0.2, -0.15) is 0 Å².